The first kappa shape index (κ1) is 16.7. The van der Waals surface area contributed by atoms with E-state index in [0.717, 1.165) is 38.2 Å². The summed E-state index contributed by atoms with van der Waals surface area (Å²) in [6.07, 6.45) is 6.92. The number of hydrogen-bond donors (Lipinski definition) is 0. The Morgan fingerprint density at radius 1 is 1.22 bits per heavy atom. The summed E-state index contributed by atoms with van der Waals surface area (Å²) < 4.78 is 7.35. The van der Waals surface area contributed by atoms with E-state index in [-0.39, 0.29) is 29.9 Å². The molecule has 3 saturated heterocycles. The van der Waals surface area contributed by atoms with Gasteiger partial charge >= 0.3 is 0 Å². The van der Waals surface area contributed by atoms with Crippen molar-refractivity contribution >= 4 is 17.5 Å². The van der Waals surface area contributed by atoms with E-state index < -0.39 is 0 Å². The minimum absolute atomic E-state index is 0.0136. The van der Waals surface area contributed by atoms with Crippen molar-refractivity contribution in [3.8, 4) is 0 Å². The van der Waals surface area contributed by atoms with Crippen molar-refractivity contribution in [1.82, 2.24) is 19.2 Å². The summed E-state index contributed by atoms with van der Waals surface area (Å²) in [5.41, 5.74) is 2.19. The fraction of sp³-hybridized carbons (Fsp3) is 0.550. The van der Waals surface area contributed by atoms with E-state index in [4.69, 9.17) is 4.74 Å². The Labute approximate surface area is 157 Å². The smallest absolute Gasteiger partial charge is 0.257 e. The lowest BCUT2D eigenvalue weighted by atomic mass is 10.0. The molecular weight excluding hydrogens is 344 g/mol. The van der Waals surface area contributed by atoms with Crippen LogP contribution in [-0.2, 0) is 9.53 Å². The van der Waals surface area contributed by atoms with Crippen LogP contribution in [0, 0.1) is 6.92 Å². The molecule has 5 heterocycles. The van der Waals surface area contributed by atoms with Crippen LogP contribution in [0.2, 0.25) is 0 Å². The number of imidazole rings is 1. The monoisotopic (exact) mass is 368 g/mol. The summed E-state index contributed by atoms with van der Waals surface area (Å²) in [4.78, 5) is 34.6. The minimum Gasteiger partial charge on any atom is -0.381 e. The Morgan fingerprint density at radius 3 is 2.85 bits per heavy atom. The number of fused-ring (bicyclic) bond motifs is 2. The maximum absolute atomic E-state index is 13.3. The normalized spacial score (nSPS) is 26.2. The quantitative estimate of drug-likeness (QED) is 0.808. The number of aryl methyl sites for hydroxylation is 1. The molecular formula is C20H24N4O3. The van der Waals surface area contributed by atoms with Gasteiger partial charge in [-0.05, 0) is 38.3 Å². The van der Waals surface area contributed by atoms with Gasteiger partial charge in [0.25, 0.3) is 5.91 Å². The van der Waals surface area contributed by atoms with E-state index in [1.54, 1.807) is 0 Å². The van der Waals surface area contributed by atoms with Crippen LogP contribution in [0.1, 0.15) is 41.7 Å². The van der Waals surface area contributed by atoms with Crippen LogP contribution in [0.25, 0.3) is 5.65 Å². The first-order chi connectivity index (χ1) is 13.1. The number of rotatable bonds is 2. The highest BCUT2D eigenvalue weighted by Crippen LogP contribution is 2.36. The van der Waals surface area contributed by atoms with Crippen LogP contribution in [0.3, 0.4) is 0 Å². The Hall–Kier alpha value is -2.41. The fourth-order valence-electron chi connectivity index (χ4n) is 5.02. The molecule has 2 aromatic heterocycles. The van der Waals surface area contributed by atoms with Crippen LogP contribution < -0.4 is 0 Å². The molecule has 7 heteroatoms. The van der Waals surface area contributed by atoms with Gasteiger partial charge < -0.3 is 18.9 Å². The summed E-state index contributed by atoms with van der Waals surface area (Å²) in [6.45, 7) is 4.06. The van der Waals surface area contributed by atoms with Crippen molar-refractivity contribution in [1.29, 1.82) is 0 Å². The third kappa shape index (κ3) is 2.64. The van der Waals surface area contributed by atoms with Gasteiger partial charge in [-0.1, -0.05) is 0 Å². The van der Waals surface area contributed by atoms with Crippen molar-refractivity contribution < 1.29 is 14.3 Å². The molecule has 142 valence electrons. The first-order valence-corrected chi connectivity index (χ1v) is 9.77. The molecule has 27 heavy (non-hydrogen) atoms. The zero-order chi connectivity index (χ0) is 18.5. The number of amides is 2. The van der Waals surface area contributed by atoms with Crippen LogP contribution in [-0.4, -0.2) is 68.9 Å². The van der Waals surface area contributed by atoms with E-state index in [2.05, 4.69) is 9.88 Å². The number of pyridine rings is 1. The standard InChI is InChI=1S/C20H24N4O3/c1-13-12-22-7-2-3-15(19(22)21-13)20(26)23-8-4-16-17(23)11-18(25)24(16)14-5-9-27-10-6-14/h2-3,7,12,14,16-17H,4-6,8-11H2,1H3/t16-,17-/m0/s1. The predicted octanol–water partition coefficient (Wildman–Crippen LogP) is 1.64. The highest BCUT2D eigenvalue weighted by molar-refractivity contribution is 6.00. The SMILES string of the molecule is Cc1cn2cccc(C(=O)N3CC[C@H]4[C@@H]3CC(=O)N4C3CCOCC3)c2n1. The lowest BCUT2D eigenvalue weighted by Gasteiger charge is -2.35. The fourth-order valence-corrected chi connectivity index (χ4v) is 5.02. The molecule has 3 fully saturated rings. The molecule has 3 aliphatic rings. The molecule has 0 N–H and O–H groups in total. The molecule has 0 radical (unpaired) electrons. The van der Waals surface area contributed by atoms with Gasteiger partial charge in [0.05, 0.1) is 23.3 Å². The third-order valence-electron chi connectivity index (χ3n) is 6.22. The van der Waals surface area contributed by atoms with Crippen LogP contribution in [0.4, 0.5) is 0 Å². The van der Waals surface area contributed by atoms with Gasteiger partial charge in [0.1, 0.15) is 5.65 Å². The third-order valence-corrected chi connectivity index (χ3v) is 6.22. The molecule has 2 atom stereocenters. The Balaban J connectivity index is 1.42. The lowest BCUT2D eigenvalue weighted by molar-refractivity contribution is -0.133. The maximum Gasteiger partial charge on any atom is 0.257 e. The molecule has 0 aromatic carbocycles. The summed E-state index contributed by atoms with van der Waals surface area (Å²) >= 11 is 0. The van der Waals surface area contributed by atoms with Crippen molar-refractivity contribution in [2.45, 2.75) is 50.7 Å². The van der Waals surface area contributed by atoms with Gasteiger partial charge in [-0.25, -0.2) is 4.98 Å². The van der Waals surface area contributed by atoms with Crippen molar-refractivity contribution in [3.05, 3.63) is 35.8 Å². The topological polar surface area (TPSA) is 67.2 Å². The second-order valence-corrected chi connectivity index (χ2v) is 7.81. The van der Waals surface area contributed by atoms with Crippen molar-refractivity contribution in [2.75, 3.05) is 19.8 Å². The summed E-state index contributed by atoms with van der Waals surface area (Å²) in [5.74, 6) is 0.171. The van der Waals surface area contributed by atoms with Crippen molar-refractivity contribution in [3.63, 3.8) is 0 Å². The molecule has 0 aliphatic carbocycles. The maximum atomic E-state index is 13.3. The molecule has 0 saturated carbocycles. The van der Waals surface area contributed by atoms with E-state index in [0.29, 0.717) is 24.2 Å². The number of hydrogen-bond acceptors (Lipinski definition) is 4. The Morgan fingerprint density at radius 2 is 2.04 bits per heavy atom. The van der Waals surface area contributed by atoms with Gasteiger partial charge in [0.15, 0.2) is 0 Å². The number of nitrogens with zero attached hydrogens (tertiary/aromatic N) is 4. The molecule has 2 amide bonds. The summed E-state index contributed by atoms with van der Waals surface area (Å²) in [5, 5.41) is 0. The molecule has 7 nitrogen and oxygen atoms in total. The largest absolute Gasteiger partial charge is 0.381 e. The number of ether oxygens (including phenoxy) is 1. The van der Waals surface area contributed by atoms with E-state index in [1.165, 1.54) is 0 Å². The molecule has 0 spiro atoms. The second kappa shape index (κ2) is 6.34. The van der Waals surface area contributed by atoms with Gasteiger partial charge in [-0.3, -0.25) is 9.59 Å². The number of aromatic nitrogens is 2. The first-order valence-electron chi connectivity index (χ1n) is 9.77. The number of carbonyl (C=O) groups is 2. The molecule has 0 bridgehead atoms. The van der Waals surface area contributed by atoms with Crippen LogP contribution in [0.5, 0.6) is 0 Å². The average molecular weight is 368 g/mol. The second-order valence-electron chi connectivity index (χ2n) is 7.81. The Kier molecular flexibility index (Phi) is 3.93. The zero-order valence-corrected chi connectivity index (χ0v) is 15.5. The van der Waals surface area contributed by atoms with Crippen LogP contribution >= 0.6 is 0 Å². The zero-order valence-electron chi connectivity index (χ0n) is 15.5. The van der Waals surface area contributed by atoms with E-state index >= 15 is 0 Å². The van der Waals surface area contributed by atoms with Gasteiger partial charge in [-0.2, -0.15) is 0 Å². The molecule has 0 unspecified atom stereocenters. The number of likely N-dealkylation sites (tertiary alicyclic amines) is 2. The highest BCUT2D eigenvalue weighted by Gasteiger charge is 2.50. The van der Waals surface area contributed by atoms with Gasteiger partial charge in [-0.15, -0.1) is 0 Å². The molecule has 3 aliphatic heterocycles. The van der Waals surface area contributed by atoms with E-state index in [9.17, 15) is 9.59 Å². The molecule has 2 aromatic rings. The molecule has 5 rings (SSSR count). The Bertz CT molecular complexity index is 902. The number of carbonyl (C=O) groups excluding carboxylic acids is 2. The average Bonchev–Trinajstić information content (AvgIpc) is 3.33. The minimum atomic E-state index is -0.0239. The van der Waals surface area contributed by atoms with Gasteiger partial charge in [0.2, 0.25) is 5.91 Å². The summed E-state index contributed by atoms with van der Waals surface area (Å²) in [6, 6.07) is 4.10. The lowest BCUT2D eigenvalue weighted by Crippen LogP contribution is -2.46. The summed E-state index contributed by atoms with van der Waals surface area (Å²) in [7, 11) is 0. The van der Waals surface area contributed by atoms with Crippen LogP contribution in [0.15, 0.2) is 24.5 Å². The predicted molar refractivity (Wildman–Crippen MR) is 98.5 cm³/mol. The van der Waals surface area contributed by atoms with Gasteiger partial charge in [0, 0.05) is 44.6 Å². The van der Waals surface area contributed by atoms with Crippen molar-refractivity contribution in [2.24, 2.45) is 0 Å². The highest BCUT2D eigenvalue weighted by atomic mass is 16.5. The van der Waals surface area contributed by atoms with E-state index in [1.807, 2.05) is 40.8 Å².